The Morgan fingerprint density at radius 3 is 2.55 bits per heavy atom. The highest BCUT2D eigenvalue weighted by Crippen LogP contribution is 2.33. The van der Waals surface area contributed by atoms with E-state index in [-0.39, 0.29) is 22.1 Å². The van der Waals surface area contributed by atoms with Crippen LogP contribution in [0.25, 0.3) is 22.1 Å². The maximum Gasteiger partial charge on any atom is 0.328 e. The van der Waals surface area contributed by atoms with Gasteiger partial charge in [0.1, 0.15) is 11.3 Å². The molecule has 114 valence electrons. The van der Waals surface area contributed by atoms with Crippen LogP contribution in [0.1, 0.15) is 11.1 Å². The predicted octanol–water partition coefficient (Wildman–Crippen LogP) is 2.69. The first-order chi connectivity index (χ1) is 10.5. The molecule has 6 heteroatoms. The Kier molecular flexibility index (Phi) is 3.16. The Hall–Kier alpha value is -2.76. The molecular formula is C16H16N2O4. The zero-order valence-electron chi connectivity index (χ0n) is 12.8. The highest BCUT2D eigenvalue weighted by molar-refractivity contribution is 5.90. The van der Waals surface area contributed by atoms with Crippen LogP contribution in [0.5, 0.6) is 11.5 Å². The molecule has 0 N–H and O–H groups in total. The van der Waals surface area contributed by atoms with E-state index in [4.69, 9.17) is 9.47 Å². The lowest BCUT2D eigenvalue weighted by atomic mass is 10.1. The topological polar surface area (TPSA) is 69.4 Å². The average Bonchev–Trinajstić information content (AvgIpc) is 2.53. The first-order valence-corrected chi connectivity index (χ1v) is 6.81. The number of rotatable bonds is 2. The van der Waals surface area contributed by atoms with Crippen LogP contribution in [0.3, 0.4) is 0 Å². The molecule has 3 rings (SSSR count). The smallest absolute Gasteiger partial charge is 0.328 e. The maximum atomic E-state index is 12.8. The van der Waals surface area contributed by atoms with E-state index in [1.165, 1.54) is 14.2 Å². The van der Waals surface area contributed by atoms with Crippen molar-refractivity contribution in [2.45, 2.75) is 13.8 Å². The number of hydrogen-bond donors (Lipinski definition) is 0. The van der Waals surface area contributed by atoms with Gasteiger partial charge in [0.05, 0.1) is 18.6 Å². The van der Waals surface area contributed by atoms with Crippen LogP contribution in [-0.2, 0) is 0 Å². The minimum absolute atomic E-state index is 0.206. The van der Waals surface area contributed by atoms with Crippen molar-refractivity contribution in [1.29, 1.82) is 0 Å². The van der Waals surface area contributed by atoms with Crippen LogP contribution in [-0.4, -0.2) is 19.0 Å². The standard InChI is InChI=1S/C16H16N2O4/c1-9-8-12-15(16(22-4)10(9)2)17(19)11-6-5-7-13(21-3)14(11)18(12)20/h5-8H,1-4H3. The Balaban J connectivity index is 2.69. The second kappa shape index (κ2) is 4.91. The summed E-state index contributed by atoms with van der Waals surface area (Å²) in [4.78, 5) is 12.8. The number of para-hydroxylation sites is 1. The van der Waals surface area contributed by atoms with Gasteiger partial charge < -0.3 is 19.4 Å². The molecule has 0 fully saturated rings. The molecule has 0 atom stereocenters. The fourth-order valence-electron chi connectivity index (χ4n) is 2.74. The molecule has 0 aliphatic heterocycles. The van der Waals surface area contributed by atoms with Crippen molar-refractivity contribution in [2.75, 3.05) is 14.2 Å². The quantitative estimate of drug-likeness (QED) is 0.539. The van der Waals surface area contributed by atoms with E-state index in [2.05, 4.69) is 0 Å². The van der Waals surface area contributed by atoms with Crippen molar-refractivity contribution in [3.63, 3.8) is 0 Å². The number of aromatic nitrogens is 2. The largest absolute Gasteiger partial charge is 0.805 e. The molecule has 0 saturated carbocycles. The molecule has 0 saturated heterocycles. The zero-order chi connectivity index (χ0) is 16.0. The molecule has 3 aromatic rings. The van der Waals surface area contributed by atoms with Crippen LogP contribution in [0, 0.1) is 24.0 Å². The summed E-state index contributed by atoms with van der Waals surface area (Å²) < 4.78 is 12.1. The monoisotopic (exact) mass is 300 g/mol. The average molecular weight is 300 g/mol. The molecule has 0 amide bonds. The molecule has 0 bridgehead atoms. The number of nitrogens with zero attached hydrogens (tertiary/aromatic N) is 2. The molecular weight excluding hydrogens is 284 g/mol. The number of ether oxygens (including phenoxy) is 2. The van der Waals surface area contributed by atoms with Gasteiger partial charge in [-0.3, -0.25) is 0 Å². The molecule has 0 spiro atoms. The maximum absolute atomic E-state index is 12.8. The Morgan fingerprint density at radius 2 is 1.91 bits per heavy atom. The van der Waals surface area contributed by atoms with E-state index in [1.807, 2.05) is 13.8 Å². The third kappa shape index (κ3) is 1.73. The lowest BCUT2D eigenvalue weighted by Crippen LogP contribution is -2.21. The van der Waals surface area contributed by atoms with Gasteiger partial charge in [0, 0.05) is 16.5 Å². The second-order valence-corrected chi connectivity index (χ2v) is 5.14. The molecule has 22 heavy (non-hydrogen) atoms. The van der Waals surface area contributed by atoms with Crippen molar-refractivity contribution in [3.8, 4) is 11.5 Å². The highest BCUT2D eigenvalue weighted by Gasteiger charge is 2.24. The van der Waals surface area contributed by atoms with Crippen LogP contribution in [0.4, 0.5) is 0 Å². The van der Waals surface area contributed by atoms with Crippen LogP contribution in [0.15, 0.2) is 24.3 Å². The van der Waals surface area contributed by atoms with E-state index in [0.717, 1.165) is 20.3 Å². The van der Waals surface area contributed by atoms with Crippen molar-refractivity contribution in [3.05, 3.63) is 45.5 Å². The van der Waals surface area contributed by atoms with Crippen molar-refractivity contribution in [2.24, 2.45) is 0 Å². The normalized spacial score (nSPS) is 11.1. The van der Waals surface area contributed by atoms with Gasteiger partial charge in [-0.05, 0) is 31.5 Å². The Labute approximate surface area is 126 Å². The van der Waals surface area contributed by atoms with Crippen LogP contribution >= 0.6 is 0 Å². The highest BCUT2D eigenvalue weighted by atomic mass is 16.5. The van der Waals surface area contributed by atoms with Gasteiger partial charge >= 0.3 is 5.52 Å². The predicted molar refractivity (Wildman–Crippen MR) is 84.2 cm³/mol. The summed E-state index contributed by atoms with van der Waals surface area (Å²) in [6.45, 7) is 3.73. The Bertz CT molecular complexity index is 960. The zero-order valence-corrected chi connectivity index (χ0v) is 12.8. The van der Waals surface area contributed by atoms with Gasteiger partial charge in [-0.1, -0.05) is 6.07 Å². The van der Waals surface area contributed by atoms with Gasteiger partial charge in [-0.15, -0.1) is 0 Å². The van der Waals surface area contributed by atoms with Gasteiger partial charge in [0.2, 0.25) is 5.75 Å². The molecule has 0 aliphatic rings. The van der Waals surface area contributed by atoms with Gasteiger partial charge in [0.25, 0.3) is 5.52 Å². The van der Waals surface area contributed by atoms with Crippen LogP contribution in [0.2, 0.25) is 0 Å². The molecule has 0 aliphatic carbocycles. The molecule has 0 unspecified atom stereocenters. The van der Waals surface area contributed by atoms with Crippen LogP contribution < -0.4 is 13.9 Å². The fourth-order valence-corrected chi connectivity index (χ4v) is 2.74. The summed E-state index contributed by atoms with van der Waals surface area (Å²) >= 11 is 0. The van der Waals surface area contributed by atoms with E-state index >= 15 is 0 Å². The first-order valence-electron chi connectivity index (χ1n) is 6.81. The fraction of sp³-hybridized carbons (Fsp3) is 0.250. The summed E-state index contributed by atoms with van der Waals surface area (Å²) in [6.07, 6.45) is 0. The van der Waals surface area contributed by atoms with Gasteiger partial charge in [0.15, 0.2) is 5.52 Å². The summed E-state index contributed by atoms with van der Waals surface area (Å²) in [5.41, 5.74) is 2.64. The molecule has 6 nitrogen and oxygen atoms in total. The third-order valence-electron chi connectivity index (χ3n) is 3.99. The van der Waals surface area contributed by atoms with Crippen molar-refractivity contribution in [1.82, 2.24) is 4.73 Å². The molecule has 1 aromatic heterocycles. The number of methoxy groups -OCH3 is 2. The minimum atomic E-state index is 0.206. The second-order valence-electron chi connectivity index (χ2n) is 5.14. The Morgan fingerprint density at radius 1 is 1.18 bits per heavy atom. The minimum Gasteiger partial charge on any atom is -0.805 e. The molecule has 2 aromatic carbocycles. The van der Waals surface area contributed by atoms with E-state index in [9.17, 15) is 10.1 Å². The lowest BCUT2D eigenvalue weighted by molar-refractivity contribution is -0.433. The van der Waals surface area contributed by atoms with E-state index in [1.54, 1.807) is 24.3 Å². The van der Waals surface area contributed by atoms with E-state index < -0.39 is 0 Å². The molecule has 1 heterocycles. The number of fused-ring (bicyclic) bond motifs is 2. The number of hydrogen-bond acceptors (Lipinski definition) is 4. The summed E-state index contributed by atoms with van der Waals surface area (Å²) in [6, 6.07) is 6.61. The van der Waals surface area contributed by atoms with E-state index in [0.29, 0.717) is 11.5 Å². The third-order valence-corrected chi connectivity index (χ3v) is 3.99. The summed E-state index contributed by atoms with van der Waals surface area (Å²) in [5.74, 6) is 0.774. The van der Waals surface area contributed by atoms with Gasteiger partial charge in [-0.25, -0.2) is 0 Å². The van der Waals surface area contributed by atoms with Crippen molar-refractivity contribution >= 4 is 22.1 Å². The summed E-state index contributed by atoms with van der Waals surface area (Å²) in [5, 5.41) is 12.8. The van der Waals surface area contributed by atoms with Crippen molar-refractivity contribution < 1.29 is 13.9 Å². The van der Waals surface area contributed by atoms with Gasteiger partial charge in [-0.2, -0.15) is 0 Å². The molecule has 0 radical (unpaired) electrons. The number of benzene rings is 2. The first kappa shape index (κ1) is 14.2. The SMILES string of the molecule is COc1cccc2c1n([O-])c1cc(C)c(C)c(OC)c1[n+]2=O. The lowest BCUT2D eigenvalue weighted by Gasteiger charge is -2.18. The number of aryl methyl sites for hydroxylation is 1. The summed E-state index contributed by atoms with van der Waals surface area (Å²) in [7, 11) is 2.96.